The van der Waals surface area contributed by atoms with Crippen LogP contribution in [0, 0.1) is 0 Å². The van der Waals surface area contributed by atoms with Gasteiger partial charge < -0.3 is 19.4 Å². The number of fused-ring (bicyclic) bond motifs is 1. The molecule has 0 saturated carbocycles. The number of nitrogens with one attached hydrogen (secondary N) is 1. The Hall–Kier alpha value is -2.93. The number of rotatable bonds is 3. The van der Waals surface area contributed by atoms with E-state index >= 15 is 0 Å². The number of morpholine rings is 1. The topological polar surface area (TPSA) is 71.8 Å². The Balaban J connectivity index is 1.46. The number of imidazole rings is 1. The van der Waals surface area contributed by atoms with E-state index in [2.05, 4.69) is 20.2 Å². The first-order chi connectivity index (χ1) is 11.8. The Kier molecular flexibility index (Phi) is 3.84. The minimum absolute atomic E-state index is 0.197. The Labute approximate surface area is 138 Å². The van der Waals surface area contributed by atoms with Gasteiger partial charge in [-0.1, -0.05) is 0 Å². The predicted molar refractivity (Wildman–Crippen MR) is 90.4 cm³/mol. The second-order valence-electron chi connectivity index (χ2n) is 5.60. The van der Waals surface area contributed by atoms with Crippen LogP contribution in [0.4, 0.5) is 11.5 Å². The van der Waals surface area contributed by atoms with Gasteiger partial charge in [0, 0.05) is 19.3 Å². The molecule has 1 amide bonds. The van der Waals surface area contributed by atoms with Crippen LogP contribution in [0.25, 0.3) is 5.52 Å². The summed E-state index contributed by atoms with van der Waals surface area (Å²) in [6, 6.07) is 7.41. The summed E-state index contributed by atoms with van der Waals surface area (Å²) in [4.78, 5) is 23.0. The van der Waals surface area contributed by atoms with Crippen LogP contribution in [-0.4, -0.2) is 46.6 Å². The van der Waals surface area contributed by atoms with E-state index < -0.39 is 0 Å². The molecule has 0 radical (unpaired) electrons. The highest BCUT2D eigenvalue weighted by Crippen LogP contribution is 2.17. The van der Waals surface area contributed by atoms with Crippen molar-refractivity contribution in [1.82, 2.24) is 14.4 Å². The van der Waals surface area contributed by atoms with Gasteiger partial charge in [0.05, 0.1) is 48.7 Å². The second-order valence-corrected chi connectivity index (χ2v) is 5.60. The molecule has 1 saturated heterocycles. The number of ether oxygens (including phenoxy) is 1. The summed E-state index contributed by atoms with van der Waals surface area (Å²) < 4.78 is 7.16. The monoisotopic (exact) mass is 323 g/mol. The summed E-state index contributed by atoms with van der Waals surface area (Å²) in [6.45, 7) is 3.18. The molecule has 0 bridgehead atoms. The lowest BCUT2D eigenvalue weighted by molar-refractivity contribution is 0.102. The molecule has 1 aliphatic heterocycles. The van der Waals surface area contributed by atoms with Gasteiger partial charge in [0.2, 0.25) is 0 Å². The standard InChI is InChI=1S/C17H17N5O2/c23-17(13-1-2-14-9-18-12-22(14)11-13)20-16-4-3-15(10-19-16)21-5-7-24-8-6-21/h1-4,9-12H,5-8H2,(H,19,20,23). The smallest absolute Gasteiger partial charge is 0.258 e. The van der Waals surface area contributed by atoms with E-state index in [0.717, 1.165) is 37.5 Å². The third-order valence-corrected chi connectivity index (χ3v) is 4.04. The van der Waals surface area contributed by atoms with Gasteiger partial charge in [-0.15, -0.1) is 0 Å². The molecule has 1 aliphatic rings. The van der Waals surface area contributed by atoms with Crippen LogP contribution in [0.3, 0.4) is 0 Å². The molecule has 0 aromatic carbocycles. The lowest BCUT2D eigenvalue weighted by Crippen LogP contribution is -2.36. The zero-order valence-electron chi connectivity index (χ0n) is 13.1. The summed E-state index contributed by atoms with van der Waals surface area (Å²) in [6.07, 6.45) is 6.94. The fourth-order valence-corrected chi connectivity index (χ4v) is 2.71. The highest BCUT2D eigenvalue weighted by atomic mass is 16.5. The van der Waals surface area contributed by atoms with E-state index in [1.165, 1.54) is 0 Å². The van der Waals surface area contributed by atoms with E-state index in [1.54, 1.807) is 31.0 Å². The van der Waals surface area contributed by atoms with Crippen molar-refractivity contribution in [1.29, 1.82) is 0 Å². The second kappa shape index (κ2) is 6.29. The van der Waals surface area contributed by atoms with Gasteiger partial charge in [-0.2, -0.15) is 0 Å². The summed E-state index contributed by atoms with van der Waals surface area (Å²) in [7, 11) is 0. The molecule has 1 N–H and O–H groups in total. The number of carbonyl (C=O) groups is 1. The maximum absolute atomic E-state index is 12.4. The Morgan fingerprint density at radius 2 is 2.00 bits per heavy atom. The molecule has 122 valence electrons. The van der Waals surface area contributed by atoms with Crippen LogP contribution in [0.5, 0.6) is 0 Å². The number of anilines is 2. The third-order valence-electron chi connectivity index (χ3n) is 4.04. The molecule has 4 rings (SSSR count). The van der Waals surface area contributed by atoms with E-state index in [9.17, 15) is 4.79 Å². The van der Waals surface area contributed by atoms with Crippen molar-refractivity contribution in [3.63, 3.8) is 0 Å². The molecular formula is C17H17N5O2. The van der Waals surface area contributed by atoms with Crippen LogP contribution in [0.2, 0.25) is 0 Å². The molecule has 3 aromatic heterocycles. The average molecular weight is 323 g/mol. The van der Waals surface area contributed by atoms with E-state index in [-0.39, 0.29) is 5.91 Å². The molecule has 4 heterocycles. The highest BCUT2D eigenvalue weighted by Gasteiger charge is 2.12. The zero-order chi connectivity index (χ0) is 16.4. The van der Waals surface area contributed by atoms with Gasteiger partial charge in [0.25, 0.3) is 5.91 Å². The van der Waals surface area contributed by atoms with Crippen molar-refractivity contribution in [2.24, 2.45) is 0 Å². The SMILES string of the molecule is O=C(Nc1ccc(N2CCOCC2)cn1)c1ccc2cncn2c1. The van der Waals surface area contributed by atoms with Gasteiger partial charge in [-0.3, -0.25) is 4.79 Å². The van der Waals surface area contributed by atoms with Gasteiger partial charge in [-0.25, -0.2) is 9.97 Å². The van der Waals surface area contributed by atoms with Crippen molar-refractivity contribution >= 4 is 22.9 Å². The van der Waals surface area contributed by atoms with E-state index in [1.807, 2.05) is 22.6 Å². The number of hydrogen-bond acceptors (Lipinski definition) is 5. The van der Waals surface area contributed by atoms with Gasteiger partial charge >= 0.3 is 0 Å². The number of nitrogens with zero attached hydrogens (tertiary/aromatic N) is 4. The molecule has 7 nitrogen and oxygen atoms in total. The molecule has 1 fully saturated rings. The third kappa shape index (κ3) is 2.93. The number of pyridine rings is 2. The normalized spacial score (nSPS) is 14.8. The highest BCUT2D eigenvalue weighted by molar-refractivity contribution is 6.03. The maximum atomic E-state index is 12.4. The summed E-state index contributed by atoms with van der Waals surface area (Å²) in [5, 5.41) is 2.82. The number of aromatic nitrogens is 3. The average Bonchev–Trinajstić information content (AvgIpc) is 3.11. The first-order valence-electron chi connectivity index (χ1n) is 7.81. The van der Waals surface area contributed by atoms with Crippen molar-refractivity contribution in [2.45, 2.75) is 0 Å². The van der Waals surface area contributed by atoms with Gasteiger partial charge in [0.15, 0.2) is 0 Å². The zero-order valence-corrected chi connectivity index (χ0v) is 13.1. The number of hydrogen-bond donors (Lipinski definition) is 1. The Bertz CT molecular complexity index is 853. The lowest BCUT2D eigenvalue weighted by Gasteiger charge is -2.28. The maximum Gasteiger partial charge on any atom is 0.258 e. The number of amides is 1. The van der Waals surface area contributed by atoms with Crippen LogP contribution in [0.15, 0.2) is 49.2 Å². The van der Waals surface area contributed by atoms with Crippen LogP contribution < -0.4 is 10.2 Å². The van der Waals surface area contributed by atoms with Crippen molar-refractivity contribution in [2.75, 3.05) is 36.5 Å². The first-order valence-corrected chi connectivity index (χ1v) is 7.81. The molecule has 0 aliphatic carbocycles. The molecule has 24 heavy (non-hydrogen) atoms. The van der Waals surface area contributed by atoms with Crippen LogP contribution in [-0.2, 0) is 4.74 Å². The minimum atomic E-state index is -0.197. The van der Waals surface area contributed by atoms with Crippen LogP contribution >= 0.6 is 0 Å². The fourth-order valence-electron chi connectivity index (χ4n) is 2.71. The van der Waals surface area contributed by atoms with Gasteiger partial charge in [0.1, 0.15) is 5.82 Å². The molecule has 0 spiro atoms. The van der Waals surface area contributed by atoms with E-state index in [0.29, 0.717) is 11.4 Å². The Morgan fingerprint density at radius 3 is 2.79 bits per heavy atom. The van der Waals surface area contributed by atoms with E-state index in [4.69, 9.17) is 4.74 Å². The summed E-state index contributed by atoms with van der Waals surface area (Å²) in [5.41, 5.74) is 2.54. The molecular weight excluding hydrogens is 306 g/mol. The summed E-state index contributed by atoms with van der Waals surface area (Å²) >= 11 is 0. The summed E-state index contributed by atoms with van der Waals surface area (Å²) in [5.74, 6) is 0.333. The molecule has 3 aromatic rings. The predicted octanol–water partition coefficient (Wildman–Crippen LogP) is 1.82. The van der Waals surface area contributed by atoms with Crippen LogP contribution in [0.1, 0.15) is 10.4 Å². The minimum Gasteiger partial charge on any atom is -0.378 e. The quantitative estimate of drug-likeness (QED) is 0.796. The fraction of sp³-hybridized carbons (Fsp3) is 0.235. The van der Waals surface area contributed by atoms with Gasteiger partial charge in [-0.05, 0) is 24.3 Å². The van der Waals surface area contributed by atoms with Crippen molar-refractivity contribution < 1.29 is 9.53 Å². The van der Waals surface area contributed by atoms with Crippen molar-refractivity contribution in [3.8, 4) is 0 Å². The largest absolute Gasteiger partial charge is 0.378 e. The van der Waals surface area contributed by atoms with Crippen molar-refractivity contribution in [3.05, 3.63) is 54.7 Å². The lowest BCUT2D eigenvalue weighted by atomic mass is 10.2. The Morgan fingerprint density at radius 1 is 1.12 bits per heavy atom. The number of carbonyl (C=O) groups excluding carboxylic acids is 1. The first kappa shape index (κ1) is 14.6. The molecule has 0 unspecified atom stereocenters. The molecule has 7 heteroatoms. The molecule has 0 atom stereocenters.